The lowest BCUT2D eigenvalue weighted by molar-refractivity contribution is -0.105. The van der Waals surface area contributed by atoms with E-state index in [1.165, 1.54) is 0 Å². The van der Waals surface area contributed by atoms with Gasteiger partial charge < -0.3 is 10.2 Å². The lowest BCUT2D eigenvalue weighted by atomic mass is 10.1. The fraction of sp³-hybridized carbons (Fsp3) is 0.267. The summed E-state index contributed by atoms with van der Waals surface area (Å²) in [5, 5.41) is 5.51. The van der Waals surface area contributed by atoms with Gasteiger partial charge in [0, 0.05) is 42.3 Å². The first kappa shape index (κ1) is 15.2. The van der Waals surface area contributed by atoms with E-state index >= 15 is 0 Å². The van der Waals surface area contributed by atoms with Gasteiger partial charge in [0.05, 0.1) is 5.01 Å². The van der Waals surface area contributed by atoms with Crippen molar-refractivity contribution < 1.29 is 9.59 Å². The van der Waals surface area contributed by atoms with Gasteiger partial charge in [-0.1, -0.05) is 6.92 Å². The van der Waals surface area contributed by atoms with E-state index in [0.717, 1.165) is 5.01 Å². The molecule has 2 amide bonds. The fourth-order valence-corrected chi connectivity index (χ4v) is 2.74. The molecular weight excluding hydrogens is 286 g/mol. The van der Waals surface area contributed by atoms with Crippen LogP contribution in [-0.2, 0) is 4.79 Å². The minimum Gasteiger partial charge on any atom is -0.341 e. The quantitative estimate of drug-likeness (QED) is 0.834. The number of aromatic nitrogens is 1. The molecule has 0 saturated heterocycles. The molecule has 0 spiro atoms. The van der Waals surface area contributed by atoms with Crippen molar-refractivity contribution in [1.29, 1.82) is 0 Å². The van der Waals surface area contributed by atoms with E-state index in [0.29, 0.717) is 24.2 Å². The third kappa shape index (κ3) is 3.88. The van der Waals surface area contributed by atoms with E-state index < -0.39 is 0 Å². The number of thiazole rings is 1. The molecule has 1 N–H and O–H groups in total. The van der Waals surface area contributed by atoms with Crippen LogP contribution in [0.3, 0.4) is 0 Å². The van der Waals surface area contributed by atoms with E-state index in [4.69, 9.17) is 0 Å². The zero-order valence-electron chi connectivity index (χ0n) is 11.9. The van der Waals surface area contributed by atoms with Crippen LogP contribution in [0.15, 0.2) is 35.8 Å². The number of hydrogen-bond donors (Lipinski definition) is 1. The second kappa shape index (κ2) is 6.99. The highest BCUT2D eigenvalue weighted by molar-refractivity contribution is 7.09. The molecule has 0 unspecified atom stereocenters. The summed E-state index contributed by atoms with van der Waals surface area (Å²) in [6.45, 7) is 2.67. The van der Waals surface area contributed by atoms with Crippen molar-refractivity contribution in [2.75, 3.05) is 18.9 Å². The van der Waals surface area contributed by atoms with Gasteiger partial charge in [0.25, 0.3) is 5.91 Å². The number of carbonyl (C=O) groups excluding carboxylic acids is 2. The minimum atomic E-state index is -0.0453. The molecular formula is C15H17N3O2S. The van der Waals surface area contributed by atoms with Crippen molar-refractivity contribution in [3.8, 4) is 0 Å². The Balaban J connectivity index is 2.00. The van der Waals surface area contributed by atoms with Crippen molar-refractivity contribution in [3.05, 3.63) is 46.4 Å². The summed E-state index contributed by atoms with van der Waals surface area (Å²) in [4.78, 5) is 28.6. The van der Waals surface area contributed by atoms with Crippen LogP contribution in [0.25, 0.3) is 0 Å². The Kier molecular flexibility index (Phi) is 5.05. The van der Waals surface area contributed by atoms with Crippen molar-refractivity contribution >= 4 is 29.3 Å². The highest BCUT2D eigenvalue weighted by Gasteiger charge is 2.16. The van der Waals surface area contributed by atoms with Gasteiger partial charge in [0.1, 0.15) is 0 Å². The number of rotatable bonds is 6. The average molecular weight is 303 g/mol. The number of benzene rings is 1. The van der Waals surface area contributed by atoms with Crippen molar-refractivity contribution in [2.45, 2.75) is 12.8 Å². The Morgan fingerprint density at radius 3 is 2.71 bits per heavy atom. The van der Waals surface area contributed by atoms with Crippen LogP contribution in [0.2, 0.25) is 0 Å². The lowest BCUT2D eigenvalue weighted by Gasteiger charge is -2.20. The van der Waals surface area contributed by atoms with Crippen LogP contribution in [0.1, 0.15) is 28.2 Å². The van der Waals surface area contributed by atoms with Crippen LogP contribution < -0.4 is 5.32 Å². The summed E-state index contributed by atoms with van der Waals surface area (Å²) in [6, 6.07) is 6.83. The van der Waals surface area contributed by atoms with Gasteiger partial charge in [-0.25, -0.2) is 4.98 Å². The molecule has 6 heteroatoms. The van der Waals surface area contributed by atoms with Crippen molar-refractivity contribution in [1.82, 2.24) is 9.88 Å². The standard InChI is InChI=1S/C15H17N3O2S/c1-11(14-16-7-8-21-14)9-18(2)15(20)12-3-5-13(6-4-12)17-10-19/h3-8,10-11H,9H2,1-2H3,(H,17,19)/t11-/m1/s1. The Morgan fingerprint density at radius 1 is 1.43 bits per heavy atom. The van der Waals surface area contributed by atoms with E-state index in [9.17, 15) is 9.59 Å². The van der Waals surface area contributed by atoms with Gasteiger partial charge in [-0.15, -0.1) is 11.3 Å². The maximum absolute atomic E-state index is 12.3. The molecule has 1 heterocycles. The van der Waals surface area contributed by atoms with Crippen LogP contribution in [0.4, 0.5) is 5.69 Å². The first-order valence-electron chi connectivity index (χ1n) is 6.57. The zero-order valence-corrected chi connectivity index (χ0v) is 12.8. The molecule has 0 saturated carbocycles. The number of carbonyl (C=O) groups is 2. The normalized spacial score (nSPS) is 11.7. The fourth-order valence-electron chi connectivity index (χ4n) is 2.05. The van der Waals surface area contributed by atoms with Crippen LogP contribution in [0.5, 0.6) is 0 Å². The molecule has 1 atom stereocenters. The summed E-state index contributed by atoms with van der Waals surface area (Å²) in [7, 11) is 1.78. The summed E-state index contributed by atoms with van der Waals surface area (Å²) >= 11 is 1.60. The molecule has 1 aromatic heterocycles. The largest absolute Gasteiger partial charge is 0.341 e. The minimum absolute atomic E-state index is 0.0453. The Labute approximate surface area is 127 Å². The highest BCUT2D eigenvalue weighted by atomic mass is 32.1. The van der Waals surface area contributed by atoms with Crippen molar-refractivity contribution in [2.24, 2.45) is 0 Å². The summed E-state index contributed by atoms with van der Waals surface area (Å²) in [6.07, 6.45) is 2.38. The predicted octanol–water partition coefficient (Wildman–Crippen LogP) is 2.59. The molecule has 0 fully saturated rings. The molecule has 0 radical (unpaired) electrons. The molecule has 0 aliphatic heterocycles. The summed E-state index contributed by atoms with van der Waals surface area (Å²) in [5.74, 6) is 0.158. The van der Waals surface area contributed by atoms with Crippen LogP contribution in [-0.4, -0.2) is 35.8 Å². The van der Waals surface area contributed by atoms with Gasteiger partial charge in [-0.05, 0) is 24.3 Å². The zero-order chi connectivity index (χ0) is 15.2. The number of nitrogens with zero attached hydrogens (tertiary/aromatic N) is 2. The summed E-state index contributed by atoms with van der Waals surface area (Å²) in [5.41, 5.74) is 1.26. The van der Waals surface area contributed by atoms with Gasteiger partial charge in [0.15, 0.2) is 0 Å². The predicted molar refractivity (Wildman–Crippen MR) is 83.6 cm³/mol. The monoisotopic (exact) mass is 303 g/mol. The average Bonchev–Trinajstić information content (AvgIpc) is 3.02. The molecule has 5 nitrogen and oxygen atoms in total. The van der Waals surface area contributed by atoms with E-state index in [-0.39, 0.29) is 11.8 Å². The molecule has 110 valence electrons. The first-order valence-corrected chi connectivity index (χ1v) is 7.45. The number of hydrogen-bond acceptors (Lipinski definition) is 4. The maximum Gasteiger partial charge on any atom is 0.253 e. The molecule has 0 aliphatic carbocycles. The highest BCUT2D eigenvalue weighted by Crippen LogP contribution is 2.19. The first-order chi connectivity index (χ1) is 10.1. The van der Waals surface area contributed by atoms with E-state index in [1.54, 1.807) is 53.7 Å². The third-order valence-electron chi connectivity index (χ3n) is 3.12. The number of nitrogens with one attached hydrogen (secondary N) is 1. The topological polar surface area (TPSA) is 62.3 Å². The second-order valence-electron chi connectivity index (χ2n) is 4.80. The van der Waals surface area contributed by atoms with Crippen LogP contribution >= 0.6 is 11.3 Å². The van der Waals surface area contributed by atoms with E-state index in [1.807, 2.05) is 5.38 Å². The molecule has 21 heavy (non-hydrogen) atoms. The Morgan fingerprint density at radius 2 is 2.14 bits per heavy atom. The van der Waals surface area contributed by atoms with Gasteiger partial charge in [-0.2, -0.15) is 0 Å². The molecule has 0 bridgehead atoms. The number of likely N-dealkylation sites (N-methyl/N-ethyl adjacent to an activating group) is 1. The van der Waals surface area contributed by atoms with E-state index in [2.05, 4.69) is 17.2 Å². The van der Waals surface area contributed by atoms with Gasteiger partial charge >= 0.3 is 0 Å². The third-order valence-corrected chi connectivity index (χ3v) is 4.13. The van der Waals surface area contributed by atoms with Crippen molar-refractivity contribution in [3.63, 3.8) is 0 Å². The second-order valence-corrected chi connectivity index (χ2v) is 5.72. The molecule has 1 aromatic carbocycles. The summed E-state index contributed by atoms with van der Waals surface area (Å²) < 4.78 is 0. The lowest BCUT2D eigenvalue weighted by Crippen LogP contribution is -2.30. The molecule has 0 aliphatic rings. The number of anilines is 1. The van der Waals surface area contributed by atoms with Crippen LogP contribution in [0, 0.1) is 0 Å². The van der Waals surface area contributed by atoms with Gasteiger partial charge in [-0.3, -0.25) is 9.59 Å². The smallest absolute Gasteiger partial charge is 0.253 e. The Hall–Kier alpha value is -2.21. The SMILES string of the molecule is C[C@H](CN(C)C(=O)c1ccc(NC=O)cc1)c1nccs1. The molecule has 2 aromatic rings. The maximum atomic E-state index is 12.3. The van der Waals surface area contributed by atoms with Gasteiger partial charge in [0.2, 0.25) is 6.41 Å². The molecule has 2 rings (SSSR count). The number of amides is 2. The Bertz CT molecular complexity index is 596.